The summed E-state index contributed by atoms with van der Waals surface area (Å²) in [4.78, 5) is 20.1. The largest absolute Gasteiger partial charge is 0.435 e. The number of primary amides is 1. The lowest BCUT2D eigenvalue weighted by molar-refractivity contribution is 0.0996. The molecule has 5 nitrogen and oxygen atoms in total. The zero-order valence-electron chi connectivity index (χ0n) is 13.2. The molecular weight excluding hydrogens is 340 g/mol. The van der Waals surface area contributed by atoms with Gasteiger partial charge in [0.2, 0.25) is 5.89 Å². The summed E-state index contributed by atoms with van der Waals surface area (Å²) in [6.07, 6.45) is 1.59. The van der Waals surface area contributed by atoms with Crippen molar-refractivity contribution in [1.29, 1.82) is 0 Å². The van der Waals surface area contributed by atoms with Gasteiger partial charge >= 0.3 is 0 Å². The van der Waals surface area contributed by atoms with Crippen LogP contribution in [0.1, 0.15) is 10.5 Å². The summed E-state index contributed by atoms with van der Waals surface area (Å²) in [5.41, 5.74) is 5.71. The molecule has 4 rings (SSSR count). The van der Waals surface area contributed by atoms with Crippen LogP contribution in [0.3, 0.4) is 0 Å². The van der Waals surface area contributed by atoms with Crippen LogP contribution in [0, 0.1) is 11.6 Å². The van der Waals surface area contributed by atoms with Crippen LogP contribution >= 0.6 is 0 Å². The third-order valence-corrected chi connectivity index (χ3v) is 3.91. The second kappa shape index (κ2) is 6.03. The number of hydrogen-bond acceptors (Lipinski definition) is 4. The van der Waals surface area contributed by atoms with Gasteiger partial charge in [0, 0.05) is 17.1 Å². The third kappa shape index (κ3) is 2.50. The highest BCUT2D eigenvalue weighted by Crippen LogP contribution is 2.35. The molecule has 4 aromatic rings. The Morgan fingerprint density at radius 1 is 1.00 bits per heavy atom. The van der Waals surface area contributed by atoms with Crippen molar-refractivity contribution in [3.8, 4) is 22.8 Å². The van der Waals surface area contributed by atoms with E-state index in [1.165, 1.54) is 6.07 Å². The summed E-state index contributed by atoms with van der Waals surface area (Å²) in [6.45, 7) is 0. The van der Waals surface area contributed by atoms with Crippen LogP contribution in [0.15, 0.2) is 59.1 Å². The first-order valence-electron chi connectivity index (χ1n) is 7.65. The van der Waals surface area contributed by atoms with Gasteiger partial charge in [-0.15, -0.1) is 0 Å². The van der Waals surface area contributed by atoms with Crippen molar-refractivity contribution in [3.05, 3.63) is 72.1 Å². The van der Waals surface area contributed by atoms with E-state index in [-0.39, 0.29) is 17.3 Å². The summed E-state index contributed by atoms with van der Waals surface area (Å²) in [6, 6.07) is 12.2. The molecule has 0 unspecified atom stereocenters. The minimum Gasteiger partial charge on any atom is -0.435 e. The van der Waals surface area contributed by atoms with Gasteiger partial charge in [0.25, 0.3) is 5.91 Å². The molecule has 0 aliphatic rings. The molecule has 0 saturated heterocycles. The number of fused-ring (bicyclic) bond motifs is 1. The van der Waals surface area contributed by atoms with E-state index in [0.29, 0.717) is 11.1 Å². The number of nitrogens with two attached hydrogens (primary N) is 1. The molecule has 0 radical (unpaired) electrons. The molecule has 0 atom stereocenters. The van der Waals surface area contributed by atoms with Crippen LogP contribution in [0.4, 0.5) is 8.78 Å². The number of rotatable bonds is 3. The molecule has 0 saturated carbocycles. The maximum Gasteiger partial charge on any atom is 0.271 e. The number of oxazole rings is 1. The topological polar surface area (TPSA) is 82.0 Å². The number of aromatic nitrogens is 2. The van der Waals surface area contributed by atoms with E-state index in [4.69, 9.17) is 10.2 Å². The Kier molecular flexibility index (Phi) is 3.69. The minimum absolute atomic E-state index is 0.0134. The van der Waals surface area contributed by atoms with Crippen molar-refractivity contribution in [2.75, 3.05) is 0 Å². The van der Waals surface area contributed by atoms with E-state index < -0.39 is 23.1 Å². The van der Waals surface area contributed by atoms with Crippen molar-refractivity contribution in [2.45, 2.75) is 0 Å². The Bertz CT molecular complexity index is 1130. The average molecular weight is 351 g/mol. The SMILES string of the molecule is NC(=O)c1nc(-c2c(F)cccc2F)oc1-c1cccc2cccnc12. The summed E-state index contributed by atoms with van der Waals surface area (Å²) in [5.74, 6) is -2.94. The van der Waals surface area contributed by atoms with E-state index >= 15 is 0 Å². The number of nitrogens with zero attached hydrogens (tertiary/aromatic N) is 2. The van der Waals surface area contributed by atoms with Gasteiger partial charge in [-0.05, 0) is 24.3 Å². The fraction of sp³-hybridized carbons (Fsp3) is 0. The van der Waals surface area contributed by atoms with Gasteiger partial charge in [-0.1, -0.05) is 24.3 Å². The van der Waals surface area contributed by atoms with Gasteiger partial charge < -0.3 is 10.2 Å². The smallest absolute Gasteiger partial charge is 0.271 e. The molecule has 0 fully saturated rings. The highest BCUT2D eigenvalue weighted by molar-refractivity contribution is 6.01. The zero-order valence-corrected chi connectivity index (χ0v) is 13.2. The third-order valence-electron chi connectivity index (χ3n) is 3.91. The first-order valence-corrected chi connectivity index (χ1v) is 7.65. The van der Waals surface area contributed by atoms with Gasteiger partial charge in [0.05, 0.1) is 5.52 Å². The molecule has 1 amide bonds. The van der Waals surface area contributed by atoms with Crippen LogP contribution < -0.4 is 5.73 Å². The molecule has 26 heavy (non-hydrogen) atoms. The van der Waals surface area contributed by atoms with Crippen molar-refractivity contribution < 1.29 is 18.0 Å². The first kappa shape index (κ1) is 15.9. The average Bonchev–Trinajstić information content (AvgIpc) is 3.06. The van der Waals surface area contributed by atoms with Crippen LogP contribution in [0.25, 0.3) is 33.7 Å². The summed E-state index contributed by atoms with van der Waals surface area (Å²) in [5, 5.41) is 0.801. The Morgan fingerprint density at radius 3 is 2.42 bits per heavy atom. The number of hydrogen-bond donors (Lipinski definition) is 1. The molecular formula is C19H11F2N3O2. The van der Waals surface area contributed by atoms with Crippen molar-refractivity contribution in [3.63, 3.8) is 0 Å². The second-order valence-corrected chi connectivity index (χ2v) is 5.54. The quantitative estimate of drug-likeness (QED) is 0.606. The molecule has 0 bridgehead atoms. The molecule has 0 spiro atoms. The minimum atomic E-state index is -0.875. The van der Waals surface area contributed by atoms with Crippen LogP contribution in [0.2, 0.25) is 0 Å². The maximum atomic E-state index is 14.1. The lowest BCUT2D eigenvalue weighted by Crippen LogP contribution is -2.12. The number of carbonyl (C=O) groups is 1. The molecule has 2 aromatic heterocycles. The van der Waals surface area contributed by atoms with Gasteiger partial charge in [0.15, 0.2) is 11.5 Å². The lowest BCUT2D eigenvalue weighted by atomic mass is 10.1. The summed E-state index contributed by atoms with van der Waals surface area (Å²) < 4.78 is 33.7. The Balaban J connectivity index is 2.00. The van der Waals surface area contributed by atoms with Crippen molar-refractivity contribution in [1.82, 2.24) is 9.97 Å². The fourth-order valence-electron chi connectivity index (χ4n) is 2.77. The number of pyridine rings is 1. The van der Waals surface area contributed by atoms with E-state index in [2.05, 4.69) is 9.97 Å². The summed E-state index contributed by atoms with van der Waals surface area (Å²) >= 11 is 0. The Hall–Kier alpha value is -3.61. The zero-order chi connectivity index (χ0) is 18.3. The second-order valence-electron chi connectivity index (χ2n) is 5.54. The monoisotopic (exact) mass is 351 g/mol. The molecule has 2 heterocycles. The molecule has 128 valence electrons. The number of carbonyl (C=O) groups excluding carboxylic acids is 1. The maximum absolute atomic E-state index is 14.1. The lowest BCUT2D eigenvalue weighted by Gasteiger charge is -2.03. The number of halogens is 2. The Labute approximate surface area is 146 Å². The van der Waals surface area contributed by atoms with Crippen LogP contribution in [-0.2, 0) is 0 Å². The predicted molar refractivity (Wildman–Crippen MR) is 91.1 cm³/mol. The molecule has 2 N–H and O–H groups in total. The highest BCUT2D eigenvalue weighted by atomic mass is 19.1. The van der Waals surface area contributed by atoms with Gasteiger partial charge in [-0.3, -0.25) is 9.78 Å². The molecule has 2 aromatic carbocycles. The molecule has 0 aliphatic carbocycles. The van der Waals surface area contributed by atoms with Crippen molar-refractivity contribution >= 4 is 16.8 Å². The van der Waals surface area contributed by atoms with Gasteiger partial charge in [-0.2, -0.15) is 0 Å². The van der Waals surface area contributed by atoms with Gasteiger partial charge in [0.1, 0.15) is 17.2 Å². The first-order chi connectivity index (χ1) is 12.6. The number of amides is 1. The Morgan fingerprint density at radius 2 is 1.69 bits per heavy atom. The fourth-order valence-corrected chi connectivity index (χ4v) is 2.77. The predicted octanol–water partition coefficient (Wildman–Crippen LogP) is 3.93. The molecule has 0 aliphatic heterocycles. The highest BCUT2D eigenvalue weighted by Gasteiger charge is 2.25. The van der Waals surface area contributed by atoms with E-state index in [1.807, 2.05) is 12.1 Å². The van der Waals surface area contributed by atoms with Crippen molar-refractivity contribution in [2.24, 2.45) is 5.73 Å². The normalized spacial score (nSPS) is 11.0. The van der Waals surface area contributed by atoms with E-state index in [0.717, 1.165) is 17.5 Å². The van der Waals surface area contributed by atoms with Crippen LogP contribution in [-0.4, -0.2) is 15.9 Å². The number of benzene rings is 2. The van der Waals surface area contributed by atoms with E-state index in [1.54, 1.807) is 24.4 Å². The van der Waals surface area contributed by atoms with E-state index in [9.17, 15) is 13.6 Å². The molecule has 7 heteroatoms. The van der Waals surface area contributed by atoms with Crippen LogP contribution in [0.5, 0.6) is 0 Å². The van der Waals surface area contributed by atoms with Gasteiger partial charge in [-0.25, -0.2) is 13.8 Å². The number of para-hydroxylation sites is 1. The summed E-state index contributed by atoms with van der Waals surface area (Å²) in [7, 11) is 0. The standard InChI is InChI=1S/C19H11F2N3O2/c20-12-7-2-8-13(21)14(12)19-24-16(18(22)25)17(26-19)11-6-1-4-10-5-3-9-23-15(10)11/h1-9H,(H2,22,25).